The average molecular weight is 349 g/mol. The molecule has 0 saturated carbocycles. The number of alkyl carbamates (subject to hydrolysis) is 1. The van der Waals surface area contributed by atoms with Crippen LogP contribution in [0.1, 0.15) is 21.7 Å². The van der Waals surface area contributed by atoms with Crippen LogP contribution in [0, 0.1) is 0 Å². The molecule has 1 N–H and O–H groups in total. The molecule has 0 aliphatic carbocycles. The molecular formula is C17H19NO3S2. The minimum Gasteiger partial charge on any atom is -0.445 e. The van der Waals surface area contributed by atoms with E-state index in [-0.39, 0.29) is 12.4 Å². The van der Waals surface area contributed by atoms with Crippen LogP contribution in [-0.4, -0.2) is 29.9 Å². The maximum atomic E-state index is 12.5. The Labute approximate surface area is 144 Å². The minimum atomic E-state index is -0.565. The van der Waals surface area contributed by atoms with Gasteiger partial charge in [-0.05, 0) is 35.4 Å². The minimum absolute atomic E-state index is 0.0642. The van der Waals surface area contributed by atoms with Crippen molar-refractivity contribution in [2.45, 2.75) is 19.1 Å². The van der Waals surface area contributed by atoms with Crippen LogP contribution in [0.3, 0.4) is 0 Å². The molecule has 4 nitrogen and oxygen atoms in total. The van der Waals surface area contributed by atoms with Crippen molar-refractivity contribution >= 4 is 35.0 Å². The van der Waals surface area contributed by atoms with E-state index in [1.54, 1.807) is 17.8 Å². The quantitative estimate of drug-likeness (QED) is 0.733. The van der Waals surface area contributed by atoms with E-state index < -0.39 is 12.1 Å². The van der Waals surface area contributed by atoms with Gasteiger partial charge >= 0.3 is 6.09 Å². The van der Waals surface area contributed by atoms with Gasteiger partial charge in [-0.1, -0.05) is 36.4 Å². The highest BCUT2D eigenvalue weighted by Gasteiger charge is 2.23. The van der Waals surface area contributed by atoms with Gasteiger partial charge in [0.2, 0.25) is 0 Å². The number of carbonyl (C=O) groups excluding carboxylic acids is 2. The number of thiophene rings is 1. The zero-order valence-corrected chi connectivity index (χ0v) is 14.5. The van der Waals surface area contributed by atoms with Gasteiger partial charge in [0.05, 0.1) is 10.9 Å². The Bertz CT molecular complexity index is 614. The highest BCUT2D eigenvalue weighted by atomic mass is 32.2. The van der Waals surface area contributed by atoms with Gasteiger partial charge in [-0.2, -0.15) is 11.8 Å². The number of ketones is 1. The van der Waals surface area contributed by atoms with Crippen LogP contribution in [0.5, 0.6) is 0 Å². The normalized spacial score (nSPS) is 11.7. The Balaban J connectivity index is 1.91. The van der Waals surface area contributed by atoms with Crippen molar-refractivity contribution in [1.29, 1.82) is 0 Å². The van der Waals surface area contributed by atoms with Gasteiger partial charge in [0, 0.05) is 0 Å². The third-order valence-corrected chi connectivity index (χ3v) is 4.72. The first-order chi connectivity index (χ1) is 11.2. The Morgan fingerprint density at radius 3 is 2.65 bits per heavy atom. The highest BCUT2D eigenvalue weighted by molar-refractivity contribution is 7.98. The van der Waals surface area contributed by atoms with E-state index in [0.717, 1.165) is 11.3 Å². The van der Waals surface area contributed by atoms with Crippen molar-refractivity contribution in [1.82, 2.24) is 5.32 Å². The van der Waals surface area contributed by atoms with E-state index in [0.29, 0.717) is 11.3 Å². The van der Waals surface area contributed by atoms with Crippen molar-refractivity contribution in [2.24, 2.45) is 0 Å². The van der Waals surface area contributed by atoms with Crippen LogP contribution in [-0.2, 0) is 11.3 Å². The van der Waals surface area contributed by atoms with Crippen LogP contribution in [0.25, 0.3) is 0 Å². The lowest BCUT2D eigenvalue weighted by molar-refractivity contribution is 0.0918. The number of carbonyl (C=O) groups is 2. The summed E-state index contributed by atoms with van der Waals surface area (Å²) in [6.07, 6.45) is 1.99. The van der Waals surface area contributed by atoms with Gasteiger partial charge in [-0.15, -0.1) is 11.3 Å². The van der Waals surface area contributed by atoms with Gasteiger partial charge in [-0.25, -0.2) is 4.79 Å². The molecule has 1 heterocycles. The Morgan fingerprint density at radius 1 is 1.22 bits per heavy atom. The van der Waals surface area contributed by atoms with E-state index in [1.165, 1.54) is 11.3 Å². The molecule has 122 valence electrons. The van der Waals surface area contributed by atoms with E-state index in [1.807, 2.05) is 48.0 Å². The fourth-order valence-electron chi connectivity index (χ4n) is 2.00. The fourth-order valence-corrected chi connectivity index (χ4v) is 3.19. The summed E-state index contributed by atoms with van der Waals surface area (Å²) < 4.78 is 5.20. The molecule has 0 bridgehead atoms. The second kappa shape index (κ2) is 9.37. The second-order valence-electron chi connectivity index (χ2n) is 4.88. The van der Waals surface area contributed by atoms with E-state index in [4.69, 9.17) is 4.74 Å². The van der Waals surface area contributed by atoms with Crippen molar-refractivity contribution in [3.8, 4) is 0 Å². The number of thioether (sulfide) groups is 1. The SMILES string of the molecule is CSCC[C@H](NC(=O)OCc1ccccc1)C(=O)c1cccs1. The lowest BCUT2D eigenvalue weighted by Gasteiger charge is -2.16. The summed E-state index contributed by atoms with van der Waals surface area (Å²) in [4.78, 5) is 25.1. The number of amides is 1. The maximum Gasteiger partial charge on any atom is 0.408 e. The third-order valence-electron chi connectivity index (χ3n) is 3.20. The van der Waals surface area contributed by atoms with Gasteiger partial charge in [0.1, 0.15) is 6.61 Å². The molecule has 0 spiro atoms. The molecule has 0 aliphatic heterocycles. The summed E-state index contributed by atoms with van der Waals surface area (Å²) in [5.74, 6) is 0.728. The standard InChI is InChI=1S/C17H19NO3S2/c1-22-11-9-14(16(19)15-8-5-10-23-15)18-17(20)21-12-13-6-3-2-4-7-13/h2-8,10,14H,9,11-12H2,1H3,(H,18,20)/t14-/m0/s1. The molecule has 0 radical (unpaired) electrons. The summed E-state index contributed by atoms with van der Waals surface area (Å²) in [6.45, 7) is 0.190. The zero-order chi connectivity index (χ0) is 16.5. The molecule has 0 aliphatic rings. The Hall–Kier alpha value is -1.79. The third kappa shape index (κ3) is 5.73. The summed E-state index contributed by atoms with van der Waals surface area (Å²) in [5, 5.41) is 4.55. The number of Topliss-reactive ketones (excluding diaryl/α,β-unsaturated/α-hetero) is 1. The van der Waals surface area contributed by atoms with Gasteiger partial charge in [0.15, 0.2) is 5.78 Å². The first-order valence-corrected chi connectivity index (χ1v) is 9.52. The van der Waals surface area contributed by atoms with E-state index >= 15 is 0 Å². The van der Waals surface area contributed by atoms with Crippen LogP contribution >= 0.6 is 23.1 Å². The van der Waals surface area contributed by atoms with Crippen molar-refractivity contribution < 1.29 is 14.3 Å². The zero-order valence-electron chi connectivity index (χ0n) is 12.9. The van der Waals surface area contributed by atoms with Crippen LogP contribution < -0.4 is 5.32 Å². The Morgan fingerprint density at radius 2 is 2.00 bits per heavy atom. The molecule has 2 rings (SSSR count). The topological polar surface area (TPSA) is 55.4 Å². The van der Waals surface area contributed by atoms with Crippen molar-refractivity contribution in [3.05, 3.63) is 58.3 Å². The summed E-state index contributed by atoms with van der Waals surface area (Å²) in [7, 11) is 0. The summed E-state index contributed by atoms with van der Waals surface area (Å²) >= 11 is 3.02. The number of ether oxygens (including phenoxy) is 1. The molecule has 0 unspecified atom stereocenters. The molecule has 2 aromatic rings. The lowest BCUT2D eigenvalue weighted by atomic mass is 10.1. The molecule has 6 heteroatoms. The Kier molecular flexibility index (Phi) is 7.16. The predicted octanol–water partition coefficient (Wildman–Crippen LogP) is 3.98. The number of hydrogen-bond donors (Lipinski definition) is 1. The van der Waals surface area contributed by atoms with Crippen molar-refractivity contribution in [2.75, 3.05) is 12.0 Å². The predicted molar refractivity (Wildman–Crippen MR) is 95.2 cm³/mol. The summed E-state index contributed by atoms with van der Waals surface area (Å²) in [5.41, 5.74) is 0.910. The van der Waals surface area contributed by atoms with Crippen LogP contribution in [0.2, 0.25) is 0 Å². The molecular weight excluding hydrogens is 330 g/mol. The number of hydrogen-bond acceptors (Lipinski definition) is 5. The molecule has 23 heavy (non-hydrogen) atoms. The smallest absolute Gasteiger partial charge is 0.408 e. The van der Waals surface area contributed by atoms with Crippen molar-refractivity contribution in [3.63, 3.8) is 0 Å². The molecule has 0 fully saturated rings. The molecule has 1 aromatic carbocycles. The monoisotopic (exact) mass is 349 g/mol. The second-order valence-corrected chi connectivity index (χ2v) is 6.81. The van der Waals surface area contributed by atoms with Gasteiger partial charge in [-0.3, -0.25) is 4.79 Å². The molecule has 1 atom stereocenters. The fraction of sp³-hybridized carbons (Fsp3) is 0.294. The first-order valence-electron chi connectivity index (χ1n) is 7.24. The molecule has 1 amide bonds. The maximum absolute atomic E-state index is 12.5. The summed E-state index contributed by atoms with van der Waals surface area (Å²) in [6, 6.07) is 12.5. The number of nitrogens with one attached hydrogen (secondary N) is 1. The number of benzene rings is 1. The van der Waals surface area contributed by atoms with Crippen LogP contribution in [0.4, 0.5) is 4.79 Å². The van der Waals surface area contributed by atoms with E-state index in [9.17, 15) is 9.59 Å². The molecule has 0 saturated heterocycles. The average Bonchev–Trinajstić information content (AvgIpc) is 3.11. The van der Waals surface area contributed by atoms with Gasteiger partial charge < -0.3 is 10.1 Å². The van der Waals surface area contributed by atoms with E-state index in [2.05, 4.69) is 5.32 Å². The van der Waals surface area contributed by atoms with Crippen LogP contribution in [0.15, 0.2) is 47.8 Å². The first kappa shape index (κ1) is 17.6. The number of rotatable bonds is 8. The lowest BCUT2D eigenvalue weighted by Crippen LogP contribution is -2.41. The highest BCUT2D eigenvalue weighted by Crippen LogP contribution is 2.14. The van der Waals surface area contributed by atoms with Gasteiger partial charge in [0.25, 0.3) is 0 Å². The largest absolute Gasteiger partial charge is 0.445 e. The molecule has 1 aromatic heterocycles.